The van der Waals surface area contributed by atoms with Gasteiger partial charge in [0.15, 0.2) is 0 Å². The molecule has 0 aliphatic heterocycles. The van der Waals surface area contributed by atoms with Gasteiger partial charge in [0.05, 0.1) is 15.9 Å². The number of carbonyl (C=O) groups excluding carboxylic acids is 1. The van der Waals surface area contributed by atoms with Crippen LogP contribution in [0.1, 0.15) is 32.9 Å². The lowest BCUT2D eigenvalue weighted by Crippen LogP contribution is -2.25. The van der Waals surface area contributed by atoms with Gasteiger partial charge in [0.1, 0.15) is 5.82 Å². The normalized spacial score (nSPS) is 11.0. The molecule has 1 amide bonds. The summed E-state index contributed by atoms with van der Waals surface area (Å²) in [6, 6.07) is 9.94. The number of para-hydroxylation sites is 2. The average molecular weight is 313 g/mol. The number of carbonyl (C=O) groups is 1. The van der Waals surface area contributed by atoms with Gasteiger partial charge < -0.3 is 10.3 Å². The highest BCUT2D eigenvalue weighted by molar-refractivity contribution is 7.14. The summed E-state index contributed by atoms with van der Waals surface area (Å²) in [6.45, 7) is 4.75. The minimum Gasteiger partial charge on any atom is -0.351 e. The highest BCUT2D eigenvalue weighted by Crippen LogP contribution is 2.21. The van der Waals surface area contributed by atoms with Gasteiger partial charge in [-0.1, -0.05) is 19.1 Å². The van der Waals surface area contributed by atoms with E-state index in [4.69, 9.17) is 0 Å². The number of thiophene rings is 1. The molecular formula is C17H19N3OS. The average Bonchev–Trinajstić information content (AvgIpc) is 3.09. The van der Waals surface area contributed by atoms with Crippen molar-refractivity contribution in [1.29, 1.82) is 0 Å². The molecule has 114 valence electrons. The molecule has 5 heteroatoms. The van der Waals surface area contributed by atoms with Crippen LogP contribution < -0.4 is 5.32 Å². The molecule has 0 aliphatic rings. The van der Waals surface area contributed by atoms with Crippen molar-refractivity contribution in [2.75, 3.05) is 6.54 Å². The van der Waals surface area contributed by atoms with Crippen LogP contribution in [0.25, 0.3) is 11.0 Å². The molecule has 3 aromatic rings. The monoisotopic (exact) mass is 313 g/mol. The van der Waals surface area contributed by atoms with Gasteiger partial charge in [0, 0.05) is 17.8 Å². The summed E-state index contributed by atoms with van der Waals surface area (Å²) in [6.07, 6.45) is 1.67. The van der Waals surface area contributed by atoms with Gasteiger partial charge >= 0.3 is 0 Å². The Labute approximate surface area is 133 Å². The molecule has 4 nitrogen and oxygen atoms in total. The second kappa shape index (κ2) is 6.32. The predicted octanol–water partition coefficient (Wildman–Crippen LogP) is 3.47. The maximum atomic E-state index is 12.2. The van der Waals surface area contributed by atoms with Crippen molar-refractivity contribution in [3.05, 3.63) is 51.5 Å². The third-order valence-corrected chi connectivity index (χ3v) is 4.80. The first-order valence-electron chi connectivity index (χ1n) is 7.48. The summed E-state index contributed by atoms with van der Waals surface area (Å²) in [4.78, 5) is 22.0. The fourth-order valence-corrected chi connectivity index (χ4v) is 3.52. The number of imidazole rings is 1. The lowest BCUT2D eigenvalue weighted by atomic mass is 10.2. The van der Waals surface area contributed by atoms with E-state index in [1.807, 2.05) is 30.3 Å². The topological polar surface area (TPSA) is 57.8 Å². The van der Waals surface area contributed by atoms with Crippen molar-refractivity contribution in [3.8, 4) is 0 Å². The first-order valence-corrected chi connectivity index (χ1v) is 8.30. The Balaban J connectivity index is 1.59. The van der Waals surface area contributed by atoms with Crippen LogP contribution in [-0.4, -0.2) is 22.4 Å². The molecule has 0 radical (unpaired) electrons. The van der Waals surface area contributed by atoms with Crippen LogP contribution in [0.2, 0.25) is 0 Å². The van der Waals surface area contributed by atoms with E-state index in [0.29, 0.717) is 13.0 Å². The van der Waals surface area contributed by atoms with E-state index in [1.165, 1.54) is 10.4 Å². The number of aryl methyl sites for hydroxylation is 2. The van der Waals surface area contributed by atoms with Crippen LogP contribution >= 0.6 is 11.3 Å². The van der Waals surface area contributed by atoms with Crippen LogP contribution in [0.3, 0.4) is 0 Å². The number of amides is 1. The molecule has 2 aromatic heterocycles. The highest BCUT2D eigenvalue weighted by atomic mass is 32.1. The molecule has 0 unspecified atom stereocenters. The number of benzene rings is 1. The summed E-state index contributed by atoms with van der Waals surface area (Å²) in [5, 5.41) is 2.97. The molecule has 2 N–H and O–H groups in total. The molecule has 0 saturated carbocycles. The van der Waals surface area contributed by atoms with E-state index >= 15 is 0 Å². The molecule has 0 saturated heterocycles. The fraction of sp³-hybridized carbons (Fsp3) is 0.294. The molecule has 2 heterocycles. The van der Waals surface area contributed by atoms with Crippen molar-refractivity contribution in [2.45, 2.75) is 26.7 Å². The van der Waals surface area contributed by atoms with Gasteiger partial charge in [-0.25, -0.2) is 4.98 Å². The fourth-order valence-electron chi connectivity index (χ4n) is 2.49. The predicted molar refractivity (Wildman–Crippen MR) is 90.6 cm³/mol. The minimum absolute atomic E-state index is 0.00362. The second-order valence-corrected chi connectivity index (χ2v) is 6.51. The maximum absolute atomic E-state index is 12.2. The standard InChI is InChI=1S/C17H19N3OS/c1-3-12-10-15(22-11(12)2)17(21)18-9-8-16-19-13-6-4-5-7-14(13)20-16/h4-7,10H,3,8-9H2,1-2H3,(H,18,21)(H,19,20). The van der Waals surface area contributed by atoms with E-state index in [2.05, 4.69) is 29.1 Å². The number of hydrogen-bond donors (Lipinski definition) is 2. The zero-order valence-corrected chi connectivity index (χ0v) is 13.6. The smallest absolute Gasteiger partial charge is 0.261 e. The molecule has 22 heavy (non-hydrogen) atoms. The van der Waals surface area contributed by atoms with E-state index in [1.54, 1.807) is 11.3 Å². The Bertz CT molecular complexity index is 770. The number of aromatic amines is 1. The van der Waals surface area contributed by atoms with Crippen molar-refractivity contribution in [1.82, 2.24) is 15.3 Å². The Hall–Kier alpha value is -2.14. The molecule has 3 rings (SSSR count). The maximum Gasteiger partial charge on any atom is 0.261 e. The number of nitrogens with one attached hydrogen (secondary N) is 2. The largest absolute Gasteiger partial charge is 0.351 e. The number of nitrogens with zero attached hydrogens (tertiary/aromatic N) is 1. The van der Waals surface area contributed by atoms with Crippen molar-refractivity contribution in [2.24, 2.45) is 0 Å². The lowest BCUT2D eigenvalue weighted by Gasteiger charge is -2.01. The van der Waals surface area contributed by atoms with Crippen LogP contribution in [0, 0.1) is 6.92 Å². The van der Waals surface area contributed by atoms with Gasteiger partial charge in [0.25, 0.3) is 5.91 Å². The van der Waals surface area contributed by atoms with Crippen LogP contribution in [0.4, 0.5) is 0 Å². The third-order valence-electron chi connectivity index (χ3n) is 3.71. The summed E-state index contributed by atoms with van der Waals surface area (Å²) in [5.74, 6) is 0.905. The SMILES string of the molecule is CCc1cc(C(=O)NCCc2nc3ccccc3[nH]2)sc1C. The second-order valence-electron chi connectivity index (χ2n) is 5.25. The molecule has 0 atom stereocenters. The number of hydrogen-bond acceptors (Lipinski definition) is 3. The van der Waals surface area contributed by atoms with E-state index in [0.717, 1.165) is 28.2 Å². The number of fused-ring (bicyclic) bond motifs is 1. The number of H-pyrrole nitrogens is 1. The first kappa shape index (κ1) is 14.8. The van der Waals surface area contributed by atoms with Crippen molar-refractivity contribution < 1.29 is 4.79 Å². The molecule has 0 aliphatic carbocycles. The van der Waals surface area contributed by atoms with E-state index in [-0.39, 0.29) is 5.91 Å². The Morgan fingerprint density at radius 1 is 1.36 bits per heavy atom. The van der Waals surface area contributed by atoms with Gasteiger partial charge in [-0.2, -0.15) is 0 Å². The lowest BCUT2D eigenvalue weighted by molar-refractivity contribution is 0.0958. The minimum atomic E-state index is 0.00362. The quantitative estimate of drug-likeness (QED) is 0.758. The van der Waals surface area contributed by atoms with Gasteiger partial charge in [0.2, 0.25) is 0 Å². The van der Waals surface area contributed by atoms with Gasteiger partial charge in [-0.3, -0.25) is 4.79 Å². The summed E-state index contributed by atoms with van der Waals surface area (Å²) < 4.78 is 0. The summed E-state index contributed by atoms with van der Waals surface area (Å²) >= 11 is 1.56. The molecule has 0 spiro atoms. The summed E-state index contributed by atoms with van der Waals surface area (Å²) in [7, 11) is 0. The zero-order valence-electron chi connectivity index (χ0n) is 12.8. The van der Waals surface area contributed by atoms with Crippen molar-refractivity contribution >= 4 is 28.3 Å². The highest BCUT2D eigenvalue weighted by Gasteiger charge is 2.11. The third kappa shape index (κ3) is 3.04. The Kier molecular flexibility index (Phi) is 4.24. The Morgan fingerprint density at radius 3 is 2.91 bits per heavy atom. The van der Waals surface area contributed by atoms with Gasteiger partial charge in [-0.05, 0) is 37.1 Å². The number of rotatable bonds is 5. The molecule has 1 aromatic carbocycles. The van der Waals surface area contributed by atoms with Crippen LogP contribution in [0.15, 0.2) is 30.3 Å². The van der Waals surface area contributed by atoms with Crippen LogP contribution in [-0.2, 0) is 12.8 Å². The molecule has 0 fully saturated rings. The van der Waals surface area contributed by atoms with Crippen molar-refractivity contribution in [3.63, 3.8) is 0 Å². The zero-order chi connectivity index (χ0) is 15.5. The first-order chi connectivity index (χ1) is 10.7. The van der Waals surface area contributed by atoms with Crippen LogP contribution in [0.5, 0.6) is 0 Å². The Morgan fingerprint density at radius 2 is 2.18 bits per heavy atom. The molecule has 0 bridgehead atoms. The van der Waals surface area contributed by atoms with E-state index < -0.39 is 0 Å². The summed E-state index contributed by atoms with van der Waals surface area (Å²) in [5.41, 5.74) is 3.25. The van der Waals surface area contributed by atoms with Gasteiger partial charge in [-0.15, -0.1) is 11.3 Å². The number of aromatic nitrogens is 2. The molecular weight excluding hydrogens is 294 g/mol. The van der Waals surface area contributed by atoms with E-state index in [9.17, 15) is 4.79 Å².